The minimum absolute atomic E-state index is 0.0189. The Balaban J connectivity index is 1.99. The molecule has 0 bridgehead atoms. The second kappa shape index (κ2) is 5.40. The van der Waals surface area contributed by atoms with E-state index in [1.54, 1.807) is 29.2 Å². The molecule has 1 heterocycles. The Hall–Kier alpha value is -1.55. The van der Waals surface area contributed by atoms with Crippen molar-refractivity contribution in [3.63, 3.8) is 0 Å². The maximum Gasteiger partial charge on any atom is 0.253 e. The van der Waals surface area contributed by atoms with Crippen LogP contribution in [0.25, 0.3) is 0 Å². The van der Waals surface area contributed by atoms with E-state index in [1.165, 1.54) is 0 Å². The highest BCUT2D eigenvalue weighted by molar-refractivity contribution is 6.30. The third kappa shape index (κ3) is 2.82. The van der Waals surface area contributed by atoms with Crippen molar-refractivity contribution >= 4 is 23.4 Å². The number of piperidine rings is 1. The fraction of sp³-hybridized carbons (Fsp3) is 0.385. The summed E-state index contributed by atoms with van der Waals surface area (Å²) >= 11 is 5.78. The summed E-state index contributed by atoms with van der Waals surface area (Å²) in [6.45, 7) is 1.16. The SMILES string of the molecule is NC(=O)C1CCN(C(=O)c2ccc(Cl)cc2)CC1. The van der Waals surface area contributed by atoms with E-state index >= 15 is 0 Å². The molecule has 5 heteroatoms. The zero-order valence-electron chi connectivity index (χ0n) is 9.93. The van der Waals surface area contributed by atoms with E-state index < -0.39 is 0 Å². The molecule has 2 N–H and O–H groups in total. The average molecular weight is 267 g/mol. The van der Waals surface area contributed by atoms with Crippen molar-refractivity contribution in [1.29, 1.82) is 0 Å². The number of benzene rings is 1. The first-order chi connectivity index (χ1) is 8.58. The molecule has 1 aromatic rings. The van der Waals surface area contributed by atoms with Crippen molar-refractivity contribution < 1.29 is 9.59 Å². The van der Waals surface area contributed by atoms with Gasteiger partial charge in [-0.15, -0.1) is 0 Å². The van der Waals surface area contributed by atoms with E-state index in [0.717, 1.165) is 0 Å². The lowest BCUT2D eigenvalue weighted by atomic mass is 9.96. The molecule has 18 heavy (non-hydrogen) atoms. The fourth-order valence-electron chi connectivity index (χ4n) is 2.14. The molecular weight excluding hydrogens is 252 g/mol. The number of nitrogens with zero attached hydrogens (tertiary/aromatic N) is 1. The largest absolute Gasteiger partial charge is 0.369 e. The molecule has 0 aromatic heterocycles. The van der Waals surface area contributed by atoms with Gasteiger partial charge in [0.15, 0.2) is 0 Å². The number of nitrogens with two attached hydrogens (primary N) is 1. The first-order valence-corrected chi connectivity index (χ1v) is 6.30. The van der Waals surface area contributed by atoms with E-state index in [1.807, 2.05) is 0 Å². The van der Waals surface area contributed by atoms with Crippen LogP contribution in [-0.4, -0.2) is 29.8 Å². The third-order valence-corrected chi connectivity index (χ3v) is 3.53. The smallest absolute Gasteiger partial charge is 0.253 e. The summed E-state index contributed by atoms with van der Waals surface area (Å²) in [5, 5.41) is 0.610. The van der Waals surface area contributed by atoms with Crippen molar-refractivity contribution in [1.82, 2.24) is 4.90 Å². The highest BCUT2D eigenvalue weighted by Crippen LogP contribution is 2.19. The van der Waals surface area contributed by atoms with E-state index in [-0.39, 0.29) is 17.7 Å². The minimum Gasteiger partial charge on any atom is -0.369 e. The molecule has 4 nitrogen and oxygen atoms in total. The van der Waals surface area contributed by atoms with Crippen molar-refractivity contribution in [2.24, 2.45) is 11.7 Å². The van der Waals surface area contributed by atoms with Gasteiger partial charge in [-0.1, -0.05) is 11.6 Å². The Kier molecular flexibility index (Phi) is 3.87. The molecular formula is C13H15ClN2O2. The maximum atomic E-state index is 12.2. The molecule has 1 aromatic carbocycles. The fourth-order valence-corrected chi connectivity index (χ4v) is 2.27. The van der Waals surface area contributed by atoms with Crippen LogP contribution in [0.2, 0.25) is 5.02 Å². The number of likely N-dealkylation sites (tertiary alicyclic amines) is 1. The van der Waals surface area contributed by atoms with E-state index in [0.29, 0.717) is 36.5 Å². The number of hydrogen-bond acceptors (Lipinski definition) is 2. The molecule has 0 spiro atoms. The molecule has 1 saturated heterocycles. The van der Waals surface area contributed by atoms with Gasteiger partial charge in [-0.3, -0.25) is 9.59 Å². The third-order valence-electron chi connectivity index (χ3n) is 3.28. The van der Waals surface area contributed by atoms with Gasteiger partial charge in [-0.25, -0.2) is 0 Å². The van der Waals surface area contributed by atoms with Crippen LogP contribution in [0.4, 0.5) is 0 Å². The summed E-state index contributed by atoms with van der Waals surface area (Å²) < 4.78 is 0. The number of carbonyl (C=O) groups is 2. The molecule has 1 fully saturated rings. The zero-order valence-corrected chi connectivity index (χ0v) is 10.7. The first-order valence-electron chi connectivity index (χ1n) is 5.92. The van der Waals surface area contributed by atoms with Gasteiger partial charge in [0.05, 0.1) is 0 Å². The molecule has 0 aliphatic carbocycles. The van der Waals surface area contributed by atoms with E-state index in [4.69, 9.17) is 17.3 Å². The van der Waals surface area contributed by atoms with Gasteiger partial charge in [0.1, 0.15) is 0 Å². The topological polar surface area (TPSA) is 63.4 Å². The molecule has 0 radical (unpaired) electrons. The highest BCUT2D eigenvalue weighted by atomic mass is 35.5. The summed E-state index contributed by atoms with van der Waals surface area (Å²) in [5.74, 6) is -0.387. The van der Waals surface area contributed by atoms with Gasteiger partial charge in [0, 0.05) is 29.6 Å². The Bertz CT molecular complexity index is 451. The lowest BCUT2D eigenvalue weighted by Crippen LogP contribution is -2.41. The van der Waals surface area contributed by atoms with Crippen molar-refractivity contribution in [2.45, 2.75) is 12.8 Å². The lowest BCUT2D eigenvalue weighted by molar-refractivity contribution is -0.123. The zero-order chi connectivity index (χ0) is 13.1. The van der Waals surface area contributed by atoms with Crippen LogP contribution in [0, 0.1) is 5.92 Å². The van der Waals surface area contributed by atoms with Crippen LogP contribution >= 0.6 is 11.6 Å². The van der Waals surface area contributed by atoms with Crippen LogP contribution in [0.5, 0.6) is 0 Å². The number of carbonyl (C=O) groups excluding carboxylic acids is 2. The number of amides is 2. The van der Waals surface area contributed by atoms with Gasteiger partial charge in [0.2, 0.25) is 5.91 Å². The predicted octanol–water partition coefficient (Wildman–Crippen LogP) is 1.68. The van der Waals surface area contributed by atoms with Crippen molar-refractivity contribution in [3.8, 4) is 0 Å². The van der Waals surface area contributed by atoms with Crippen molar-refractivity contribution in [3.05, 3.63) is 34.9 Å². The van der Waals surface area contributed by atoms with Gasteiger partial charge >= 0.3 is 0 Å². The van der Waals surface area contributed by atoms with E-state index in [9.17, 15) is 9.59 Å². The van der Waals surface area contributed by atoms with Gasteiger partial charge in [0.25, 0.3) is 5.91 Å². The maximum absolute atomic E-state index is 12.2. The Labute approximate surface area is 111 Å². The summed E-state index contributed by atoms with van der Waals surface area (Å²) in [5.41, 5.74) is 5.88. The predicted molar refractivity (Wildman–Crippen MR) is 69.3 cm³/mol. The second-order valence-corrected chi connectivity index (χ2v) is 4.91. The Morgan fingerprint density at radius 3 is 2.22 bits per heavy atom. The van der Waals surface area contributed by atoms with Crippen LogP contribution in [-0.2, 0) is 4.79 Å². The molecule has 1 aliphatic rings. The normalized spacial score (nSPS) is 16.6. The van der Waals surface area contributed by atoms with Gasteiger partial charge in [-0.05, 0) is 37.1 Å². The molecule has 1 aliphatic heterocycles. The van der Waals surface area contributed by atoms with E-state index in [2.05, 4.69) is 0 Å². The van der Waals surface area contributed by atoms with Crippen LogP contribution < -0.4 is 5.73 Å². The molecule has 0 atom stereocenters. The standard InChI is InChI=1S/C13H15ClN2O2/c14-11-3-1-10(2-4-11)13(18)16-7-5-9(6-8-16)12(15)17/h1-4,9H,5-8H2,(H2,15,17). The Morgan fingerprint density at radius 2 is 1.72 bits per heavy atom. The van der Waals surface area contributed by atoms with Crippen LogP contribution in [0.1, 0.15) is 23.2 Å². The first kappa shape index (κ1) is 12.9. The van der Waals surface area contributed by atoms with Gasteiger partial charge < -0.3 is 10.6 Å². The Morgan fingerprint density at radius 1 is 1.17 bits per heavy atom. The minimum atomic E-state index is -0.270. The van der Waals surface area contributed by atoms with Gasteiger partial charge in [-0.2, -0.15) is 0 Å². The lowest BCUT2D eigenvalue weighted by Gasteiger charge is -2.30. The molecule has 96 valence electrons. The average Bonchev–Trinajstić information content (AvgIpc) is 2.39. The monoisotopic (exact) mass is 266 g/mol. The summed E-state index contributed by atoms with van der Waals surface area (Å²) in [4.78, 5) is 24.9. The number of hydrogen-bond donors (Lipinski definition) is 1. The molecule has 0 saturated carbocycles. The number of halogens is 1. The van der Waals surface area contributed by atoms with Crippen molar-refractivity contribution in [2.75, 3.05) is 13.1 Å². The highest BCUT2D eigenvalue weighted by Gasteiger charge is 2.26. The summed E-state index contributed by atoms with van der Waals surface area (Å²) in [6, 6.07) is 6.82. The quantitative estimate of drug-likeness (QED) is 0.885. The second-order valence-electron chi connectivity index (χ2n) is 4.48. The molecule has 0 unspecified atom stereocenters. The summed E-state index contributed by atoms with van der Waals surface area (Å²) in [7, 11) is 0. The number of primary amides is 1. The molecule has 2 amide bonds. The number of rotatable bonds is 2. The van der Waals surface area contributed by atoms with Crippen LogP contribution in [0.3, 0.4) is 0 Å². The summed E-state index contributed by atoms with van der Waals surface area (Å²) in [6.07, 6.45) is 1.29. The molecule has 2 rings (SSSR count). The van der Waals surface area contributed by atoms with Crippen LogP contribution in [0.15, 0.2) is 24.3 Å².